The molecule has 1 N–H and O–H groups in total. The molecule has 2 fully saturated rings. The van der Waals surface area contributed by atoms with E-state index in [1.807, 2.05) is 12.1 Å². The van der Waals surface area contributed by atoms with E-state index in [2.05, 4.69) is 57.6 Å². The first-order valence-electron chi connectivity index (χ1n) is 10.7. The minimum absolute atomic E-state index is 0.161. The van der Waals surface area contributed by atoms with Crippen LogP contribution in [0, 0.1) is 5.92 Å². The highest BCUT2D eigenvalue weighted by atomic mass is 16.1. The number of rotatable bonds is 6. The topological polar surface area (TPSA) is 35.6 Å². The fourth-order valence-corrected chi connectivity index (χ4v) is 4.45. The Kier molecular flexibility index (Phi) is 6.27. The molecule has 1 amide bonds. The van der Waals surface area contributed by atoms with Crippen LogP contribution in [-0.4, -0.2) is 37.0 Å². The Morgan fingerprint density at radius 1 is 0.893 bits per heavy atom. The molecule has 4 heteroatoms. The SMILES string of the molecule is O=C(CC1CCCC1)Nc1ccc(N2CCN(Cc3ccccc3)CC2)cc1. The third-order valence-corrected chi connectivity index (χ3v) is 6.09. The molecule has 1 aliphatic heterocycles. The Morgan fingerprint density at radius 3 is 2.25 bits per heavy atom. The lowest BCUT2D eigenvalue weighted by Gasteiger charge is -2.36. The molecule has 4 nitrogen and oxygen atoms in total. The minimum atomic E-state index is 0.161. The van der Waals surface area contributed by atoms with Crippen LogP contribution >= 0.6 is 0 Å². The second-order valence-corrected chi connectivity index (χ2v) is 8.20. The summed E-state index contributed by atoms with van der Waals surface area (Å²) in [7, 11) is 0. The summed E-state index contributed by atoms with van der Waals surface area (Å²) in [5, 5.41) is 3.07. The molecule has 148 valence electrons. The van der Waals surface area contributed by atoms with E-state index >= 15 is 0 Å². The minimum Gasteiger partial charge on any atom is -0.369 e. The van der Waals surface area contributed by atoms with Crippen molar-refractivity contribution >= 4 is 17.3 Å². The maximum Gasteiger partial charge on any atom is 0.224 e. The van der Waals surface area contributed by atoms with Crippen LogP contribution in [0.25, 0.3) is 0 Å². The molecule has 0 atom stereocenters. The number of hydrogen-bond acceptors (Lipinski definition) is 3. The van der Waals surface area contributed by atoms with E-state index in [1.54, 1.807) is 0 Å². The van der Waals surface area contributed by atoms with Crippen molar-refractivity contribution in [2.24, 2.45) is 5.92 Å². The van der Waals surface area contributed by atoms with Crippen molar-refractivity contribution in [3.63, 3.8) is 0 Å². The Balaban J connectivity index is 1.24. The van der Waals surface area contributed by atoms with Crippen LogP contribution in [0.3, 0.4) is 0 Å². The molecule has 28 heavy (non-hydrogen) atoms. The number of anilines is 2. The predicted molar refractivity (Wildman–Crippen MR) is 116 cm³/mol. The number of benzene rings is 2. The molecule has 0 radical (unpaired) electrons. The first-order valence-corrected chi connectivity index (χ1v) is 10.7. The van der Waals surface area contributed by atoms with Gasteiger partial charge in [0.25, 0.3) is 0 Å². The van der Waals surface area contributed by atoms with Gasteiger partial charge in [-0.15, -0.1) is 0 Å². The molecule has 1 saturated carbocycles. The normalized spacial score (nSPS) is 18.4. The zero-order valence-corrected chi connectivity index (χ0v) is 16.6. The van der Waals surface area contributed by atoms with Gasteiger partial charge < -0.3 is 10.2 Å². The van der Waals surface area contributed by atoms with E-state index in [9.17, 15) is 4.79 Å². The fraction of sp³-hybridized carbons (Fsp3) is 0.458. The lowest BCUT2D eigenvalue weighted by atomic mass is 10.0. The van der Waals surface area contributed by atoms with E-state index in [-0.39, 0.29) is 5.91 Å². The molecule has 0 spiro atoms. The first kappa shape index (κ1) is 19.0. The molecule has 1 heterocycles. The largest absolute Gasteiger partial charge is 0.369 e. The lowest BCUT2D eigenvalue weighted by molar-refractivity contribution is -0.117. The van der Waals surface area contributed by atoms with Gasteiger partial charge in [-0.2, -0.15) is 0 Å². The Morgan fingerprint density at radius 2 is 1.57 bits per heavy atom. The summed E-state index contributed by atoms with van der Waals surface area (Å²) in [4.78, 5) is 17.2. The molecule has 4 rings (SSSR count). The van der Waals surface area contributed by atoms with Crippen molar-refractivity contribution in [2.45, 2.75) is 38.6 Å². The van der Waals surface area contributed by atoms with Crippen molar-refractivity contribution in [3.8, 4) is 0 Å². The number of amides is 1. The van der Waals surface area contributed by atoms with E-state index in [0.717, 1.165) is 38.4 Å². The van der Waals surface area contributed by atoms with Crippen LogP contribution in [0.1, 0.15) is 37.7 Å². The highest BCUT2D eigenvalue weighted by molar-refractivity contribution is 5.91. The van der Waals surface area contributed by atoms with Gasteiger partial charge in [0.1, 0.15) is 0 Å². The van der Waals surface area contributed by atoms with Gasteiger partial charge in [0.2, 0.25) is 5.91 Å². The van der Waals surface area contributed by atoms with Crippen LogP contribution in [0.5, 0.6) is 0 Å². The summed E-state index contributed by atoms with van der Waals surface area (Å²) in [6.45, 7) is 5.27. The maximum absolute atomic E-state index is 12.2. The molecule has 1 saturated heterocycles. The lowest BCUT2D eigenvalue weighted by Crippen LogP contribution is -2.45. The second kappa shape index (κ2) is 9.24. The molecular weight excluding hydrogens is 346 g/mol. The monoisotopic (exact) mass is 377 g/mol. The third kappa shape index (κ3) is 5.14. The Bertz CT molecular complexity index is 745. The van der Waals surface area contributed by atoms with Gasteiger partial charge in [-0.3, -0.25) is 9.69 Å². The predicted octanol–water partition coefficient (Wildman–Crippen LogP) is 4.53. The standard InChI is InChI=1S/C24H31N3O/c28-24(18-20-6-4-5-7-20)25-22-10-12-23(13-11-22)27-16-14-26(15-17-27)19-21-8-2-1-3-9-21/h1-3,8-13,20H,4-7,14-19H2,(H,25,28). The van der Waals surface area contributed by atoms with Gasteiger partial charge in [-0.25, -0.2) is 0 Å². The van der Waals surface area contributed by atoms with Crippen LogP contribution in [0.2, 0.25) is 0 Å². The summed E-state index contributed by atoms with van der Waals surface area (Å²) in [6, 6.07) is 19.0. The van der Waals surface area contributed by atoms with Gasteiger partial charge in [0.15, 0.2) is 0 Å². The van der Waals surface area contributed by atoms with Crippen molar-refractivity contribution in [1.82, 2.24) is 4.90 Å². The van der Waals surface area contributed by atoms with Crippen LogP contribution in [0.4, 0.5) is 11.4 Å². The number of carbonyl (C=O) groups excluding carboxylic acids is 1. The summed E-state index contributed by atoms with van der Waals surface area (Å²) in [6.07, 6.45) is 5.66. The van der Waals surface area contributed by atoms with Gasteiger partial charge in [0.05, 0.1) is 0 Å². The second-order valence-electron chi connectivity index (χ2n) is 8.20. The van der Waals surface area contributed by atoms with E-state index in [0.29, 0.717) is 12.3 Å². The highest BCUT2D eigenvalue weighted by Gasteiger charge is 2.19. The Hall–Kier alpha value is -2.33. The average Bonchev–Trinajstić information content (AvgIpc) is 3.23. The van der Waals surface area contributed by atoms with E-state index < -0.39 is 0 Å². The molecule has 0 unspecified atom stereocenters. The van der Waals surface area contributed by atoms with Crippen LogP contribution in [-0.2, 0) is 11.3 Å². The van der Waals surface area contributed by atoms with Gasteiger partial charge in [-0.05, 0) is 48.6 Å². The summed E-state index contributed by atoms with van der Waals surface area (Å²) in [5.74, 6) is 0.751. The molecule has 2 aliphatic rings. The van der Waals surface area contributed by atoms with Crippen molar-refractivity contribution < 1.29 is 4.79 Å². The molecule has 2 aromatic rings. The average molecular weight is 378 g/mol. The molecular formula is C24H31N3O. The van der Waals surface area contributed by atoms with Gasteiger partial charge in [0, 0.05) is 50.5 Å². The number of nitrogens with zero attached hydrogens (tertiary/aromatic N) is 2. The Labute approximate surface area is 168 Å². The highest BCUT2D eigenvalue weighted by Crippen LogP contribution is 2.28. The van der Waals surface area contributed by atoms with Crippen LogP contribution < -0.4 is 10.2 Å². The zero-order valence-electron chi connectivity index (χ0n) is 16.6. The number of hydrogen-bond donors (Lipinski definition) is 1. The molecule has 1 aliphatic carbocycles. The van der Waals surface area contributed by atoms with E-state index in [4.69, 9.17) is 0 Å². The maximum atomic E-state index is 12.2. The molecule has 0 aromatic heterocycles. The third-order valence-electron chi connectivity index (χ3n) is 6.09. The van der Waals surface area contributed by atoms with Gasteiger partial charge in [-0.1, -0.05) is 43.2 Å². The summed E-state index contributed by atoms with van der Waals surface area (Å²) < 4.78 is 0. The quantitative estimate of drug-likeness (QED) is 0.803. The molecule has 0 bridgehead atoms. The van der Waals surface area contributed by atoms with Crippen molar-refractivity contribution in [2.75, 3.05) is 36.4 Å². The summed E-state index contributed by atoms with van der Waals surface area (Å²) >= 11 is 0. The van der Waals surface area contributed by atoms with Crippen LogP contribution in [0.15, 0.2) is 54.6 Å². The number of nitrogens with one attached hydrogen (secondary N) is 1. The fourth-order valence-electron chi connectivity index (χ4n) is 4.45. The number of carbonyl (C=O) groups is 1. The zero-order chi connectivity index (χ0) is 19.2. The molecule has 2 aromatic carbocycles. The van der Waals surface area contributed by atoms with Gasteiger partial charge >= 0.3 is 0 Å². The number of piperazine rings is 1. The van der Waals surface area contributed by atoms with Crippen molar-refractivity contribution in [3.05, 3.63) is 60.2 Å². The summed E-state index contributed by atoms with van der Waals surface area (Å²) in [5.41, 5.74) is 3.54. The first-order chi connectivity index (χ1) is 13.8. The smallest absolute Gasteiger partial charge is 0.224 e. The van der Waals surface area contributed by atoms with Crippen molar-refractivity contribution in [1.29, 1.82) is 0 Å². The van der Waals surface area contributed by atoms with E-state index in [1.165, 1.54) is 36.9 Å².